The zero-order valence-electron chi connectivity index (χ0n) is 14.6. The van der Waals surface area contributed by atoms with Gasteiger partial charge in [-0.1, -0.05) is 59.5 Å². The van der Waals surface area contributed by atoms with E-state index < -0.39 is 0 Å². The summed E-state index contributed by atoms with van der Waals surface area (Å²) >= 11 is 2.88. The van der Waals surface area contributed by atoms with E-state index in [-0.39, 0.29) is 11.2 Å². The summed E-state index contributed by atoms with van der Waals surface area (Å²) in [5.41, 5.74) is 1.88. The molecule has 3 rings (SSSR count). The number of benzene rings is 2. The molecular weight excluding hydrogens is 364 g/mol. The van der Waals surface area contributed by atoms with E-state index in [0.717, 1.165) is 15.7 Å². The molecule has 1 aromatic heterocycles. The van der Waals surface area contributed by atoms with Crippen LogP contribution in [0.2, 0.25) is 0 Å². The monoisotopic (exact) mass is 384 g/mol. The summed E-state index contributed by atoms with van der Waals surface area (Å²) in [5, 5.41) is 12.0. The third-order valence-electron chi connectivity index (χ3n) is 3.71. The molecule has 3 aromatic rings. The SMILES string of the molecule is CCN(C(=O)C(C)Sc1nnc(Nc2ccccc2)s1)c1ccccc1. The highest BCUT2D eigenvalue weighted by atomic mass is 32.2. The summed E-state index contributed by atoms with van der Waals surface area (Å²) in [6, 6.07) is 19.6. The molecule has 0 bridgehead atoms. The Morgan fingerprint density at radius 3 is 2.42 bits per heavy atom. The molecule has 1 heterocycles. The van der Waals surface area contributed by atoms with Gasteiger partial charge in [-0.2, -0.15) is 0 Å². The lowest BCUT2D eigenvalue weighted by molar-refractivity contribution is -0.117. The summed E-state index contributed by atoms with van der Waals surface area (Å²) in [5.74, 6) is 0.0662. The Labute approximate surface area is 161 Å². The van der Waals surface area contributed by atoms with Crippen molar-refractivity contribution < 1.29 is 4.79 Å². The Bertz CT molecular complexity index is 839. The molecule has 0 saturated carbocycles. The largest absolute Gasteiger partial charge is 0.330 e. The van der Waals surface area contributed by atoms with Crippen LogP contribution >= 0.6 is 23.1 Å². The Morgan fingerprint density at radius 2 is 1.77 bits per heavy atom. The number of para-hydroxylation sites is 2. The number of thioether (sulfide) groups is 1. The molecule has 0 fully saturated rings. The van der Waals surface area contributed by atoms with Gasteiger partial charge in [0.05, 0.1) is 5.25 Å². The minimum Gasteiger partial charge on any atom is -0.330 e. The number of hydrogen-bond donors (Lipinski definition) is 1. The van der Waals surface area contributed by atoms with Crippen molar-refractivity contribution in [2.75, 3.05) is 16.8 Å². The van der Waals surface area contributed by atoms with Crippen LogP contribution in [-0.4, -0.2) is 27.9 Å². The summed E-state index contributed by atoms with van der Waals surface area (Å²) in [6.45, 7) is 4.52. The average Bonchev–Trinajstić information content (AvgIpc) is 3.10. The number of carbonyl (C=O) groups excluding carboxylic acids is 1. The number of nitrogens with zero attached hydrogens (tertiary/aromatic N) is 3. The molecule has 5 nitrogen and oxygen atoms in total. The van der Waals surface area contributed by atoms with Gasteiger partial charge in [0, 0.05) is 17.9 Å². The van der Waals surface area contributed by atoms with Gasteiger partial charge in [0.15, 0.2) is 4.34 Å². The molecule has 0 radical (unpaired) electrons. The lowest BCUT2D eigenvalue weighted by atomic mass is 10.2. The Morgan fingerprint density at radius 1 is 1.12 bits per heavy atom. The van der Waals surface area contributed by atoms with Gasteiger partial charge in [0.2, 0.25) is 11.0 Å². The van der Waals surface area contributed by atoms with E-state index in [1.165, 1.54) is 23.1 Å². The minimum atomic E-state index is -0.243. The van der Waals surface area contributed by atoms with Gasteiger partial charge in [-0.05, 0) is 38.1 Å². The summed E-state index contributed by atoms with van der Waals surface area (Å²) in [4.78, 5) is 14.6. The Kier molecular flexibility index (Phi) is 6.25. The first-order valence-corrected chi connectivity index (χ1v) is 10.1. The van der Waals surface area contributed by atoms with Gasteiger partial charge in [-0.3, -0.25) is 4.79 Å². The highest BCUT2D eigenvalue weighted by Crippen LogP contribution is 2.31. The topological polar surface area (TPSA) is 58.1 Å². The predicted octanol–water partition coefficient (Wildman–Crippen LogP) is 4.82. The van der Waals surface area contributed by atoms with Crippen LogP contribution < -0.4 is 10.2 Å². The zero-order chi connectivity index (χ0) is 18.4. The summed E-state index contributed by atoms with van der Waals surface area (Å²) in [6.07, 6.45) is 0. The standard InChI is InChI=1S/C19H20N4OS2/c1-3-23(16-12-8-5-9-13-16)17(24)14(2)25-19-22-21-18(26-19)20-15-10-6-4-7-11-15/h4-14H,3H2,1-2H3,(H,20,21). The van der Waals surface area contributed by atoms with Gasteiger partial charge in [-0.25, -0.2) is 0 Å². The third-order valence-corrected chi connectivity index (χ3v) is 5.72. The molecule has 7 heteroatoms. The van der Waals surface area contributed by atoms with Gasteiger partial charge in [0.25, 0.3) is 0 Å². The molecule has 0 saturated heterocycles. The molecule has 2 aromatic carbocycles. The molecule has 134 valence electrons. The molecule has 1 unspecified atom stereocenters. The summed E-state index contributed by atoms with van der Waals surface area (Å²) < 4.78 is 0.772. The molecule has 0 aliphatic rings. The van der Waals surface area contributed by atoms with Crippen molar-refractivity contribution in [2.45, 2.75) is 23.4 Å². The first-order chi connectivity index (χ1) is 12.7. The lowest BCUT2D eigenvalue weighted by Gasteiger charge is -2.23. The molecular formula is C19H20N4OS2. The van der Waals surface area contributed by atoms with E-state index in [4.69, 9.17) is 0 Å². The molecule has 0 aliphatic heterocycles. The fourth-order valence-corrected chi connectivity index (χ4v) is 4.43. The fraction of sp³-hybridized carbons (Fsp3) is 0.211. The van der Waals surface area contributed by atoms with Crippen molar-refractivity contribution in [1.82, 2.24) is 10.2 Å². The number of carbonyl (C=O) groups is 1. The van der Waals surface area contributed by atoms with Crippen molar-refractivity contribution >= 4 is 45.5 Å². The average molecular weight is 385 g/mol. The number of rotatable bonds is 7. The van der Waals surface area contributed by atoms with Gasteiger partial charge < -0.3 is 10.2 Å². The third kappa shape index (κ3) is 4.62. The maximum Gasteiger partial charge on any atom is 0.240 e. The fourth-order valence-electron chi connectivity index (χ4n) is 2.45. The lowest BCUT2D eigenvalue weighted by Crippen LogP contribution is -2.36. The molecule has 1 atom stereocenters. The zero-order valence-corrected chi connectivity index (χ0v) is 16.3. The highest BCUT2D eigenvalue weighted by molar-refractivity contribution is 8.02. The molecule has 1 N–H and O–H groups in total. The van der Waals surface area contributed by atoms with Crippen molar-refractivity contribution in [3.8, 4) is 0 Å². The second-order valence-corrected chi connectivity index (χ2v) is 8.11. The molecule has 26 heavy (non-hydrogen) atoms. The quantitative estimate of drug-likeness (QED) is 0.592. The number of anilines is 3. The van der Waals surface area contributed by atoms with Crippen LogP contribution in [0.5, 0.6) is 0 Å². The highest BCUT2D eigenvalue weighted by Gasteiger charge is 2.23. The van der Waals surface area contributed by atoms with Gasteiger partial charge in [-0.15, -0.1) is 10.2 Å². The van der Waals surface area contributed by atoms with Crippen molar-refractivity contribution in [2.24, 2.45) is 0 Å². The molecule has 0 spiro atoms. The van der Waals surface area contributed by atoms with E-state index >= 15 is 0 Å². The second kappa shape index (κ2) is 8.82. The normalized spacial score (nSPS) is 11.8. The van der Waals surface area contributed by atoms with Crippen molar-refractivity contribution in [1.29, 1.82) is 0 Å². The van der Waals surface area contributed by atoms with Crippen LogP contribution in [-0.2, 0) is 4.79 Å². The predicted molar refractivity (Wildman–Crippen MR) is 109 cm³/mol. The Hall–Kier alpha value is -2.38. The van der Waals surface area contributed by atoms with Crippen LogP contribution in [0.1, 0.15) is 13.8 Å². The van der Waals surface area contributed by atoms with E-state index in [9.17, 15) is 4.79 Å². The van der Waals surface area contributed by atoms with Crippen molar-refractivity contribution in [3.63, 3.8) is 0 Å². The number of amides is 1. The van der Waals surface area contributed by atoms with E-state index in [1.54, 1.807) is 4.90 Å². The van der Waals surface area contributed by atoms with Gasteiger partial charge >= 0.3 is 0 Å². The van der Waals surface area contributed by atoms with Crippen molar-refractivity contribution in [3.05, 3.63) is 60.7 Å². The number of aromatic nitrogens is 2. The van der Waals surface area contributed by atoms with Crippen LogP contribution in [0.4, 0.5) is 16.5 Å². The maximum atomic E-state index is 12.8. The van der Waals surface area contributed by atoms with Crippen LogP contribution in [0.25, 0.3) is 0 Å². The van der Waals surface area contributed by atoms with Crippen LogP contribution in [0.3, 0.4) is 0 Å². The van der Waals surface area contributed by atoms with Gasteiger partial charge in [0.1, 0.15) is 0 Å². The first-order valence-electron chi connectivity index (χ1n) is 8.36. The smallest absolute Gasteiger partial charge is 0.240 e. The van der Waals surface area contributed by atoms with E-state index in [2.05, 4.69) is 15.5 Å². The summed E-state index contributed by atoms with van der Waals surface area (Å²) in [7, 11) is 0. The van der Waals surface area contributed by atoms with E-state index in [0.29, 0.717) is 11.7 Å². The maximum absolute atomic E-state index is 12.8. The van der Waals surface area contributed by atoms with Crippen LogP contribution in [0.15, 0.2) is 65.0 Å². The number of hydrogen-bond acceptors (Lipinski definition) is 6. The number of nitrogens with one attached hydrogen (secondary N) is 1. The molecule has 0 aliphatic carbocycles. The van der Waals surface area contributed by atoms with E-state index in [1.807, 2.05) is 74.5 Å². The molecule has 1 amide bonds. The van der Waals surface area contributed by atoms with Crippen LogP contribution in [0, 0.1) is 0 Å². The first kappa shape index (κ1) is 18.4. The minimum absolute atomic E-state index is 0.0662. The second-order valence-electron chi connectivity index (χ2n) is 5.54. The Balaban J connectivity index is 1.64.